The molecule has 0 atom stereocenters. The Labute approximate surface area is 208 Å². The fourth-order valence-corrected chi connectivity index (χ4v) is 6.06. The zero-order valence-corrected chi connectivity index (χ0v) is 21.1. The highest BCUT2D eigenvalue weighted by atomic mass is 16.5. The van der Waals surface area contributed by atoms with Gasteiger partial charge in [0.15, 0.2) is 0 Å². The number of rotatable bonds is 8. The van der Waals surface area contributed by atoms with Crippen molar-refractivity contribution in [3.8, 4) is 17.6 Å². The first kappa shape index (κ1) is 24.7. The van der Waals surface area contributed by atoms with Crippen LogP contribution in [0.4, 0.5) is 0 Å². The fraction of sp³-hybridized carbons (Fsp3) is 0.515. The van der Waals surface area contributed by atoms with Crippen LogP contribution >= 0.6 is 0 Å². The maximum Gasteiger partial charge on any atom is 0.119 e. The van der Waals surface area contributed by atoms with Crippen molar-refractivity contribution in [3.05, 3.63) is 77.9 Å². The highest BCUT2D eigenvalue weighted by Gasteiger charge is 2.31. The standard InChI is InChI=1S/C33H42O/c1-3-5-6-26-9-15-29(16-10-26)31-19-21-32(22-20-31)30-17-11-27(12-18-30)7-8-28-13-23-33(24-14-28)34-25-4-2/h3,11-14,17-18,23-24,26,29,31-32H,1,4-6,9-10,15-16,19-22,25H2,2H3/t26-,29-,31-,32-. The zero-order chi connectivity index (χ0) is 23.6. The minimum atomic E-state index is 0.734. The summed E-state index contributed by atoms with van der Waals surface area (Å²) in [4.78, 5) is 0. The molecule has 0 unspecified atom stereocenters. The first-order chi connectivity index (χ1) is 16.7. The van der Waals surface area contributed by atoms with Gasteiger partial charge in [0.2, 0.25) is 0 Å². The van der Waals surface area contributed by atoms with E-state index in [1.807, 2.05) is 24.3 Å². The van der Waals surface area contributed by atoms with Crippen LogP contribution in [0.25, 0.3) is 0 Å². The molecule has 2 fully saturated rings. The highest BCUT2D eigenvalue weighted by molar-refractivity contribution is 5.45. The van der Waals surface area contributed by atoms with Gasteiger partial charge >= 0.3 is 0 Å². The van der Waals surface area contributed by atoms with Gasteiger partial charge in [0.1, 0.15) is 5.75 Å². The topological polar surface area (TPSA) is 9.23 Å². The molecule has 2 aliphatic rings. The number of benzene rings is 2. The van der Waals surface area contributed by atoms with E-state index in [0.717, 1.165) is 53.6 Å². The summed E-state index contributed by atoms with van der Waals surface area (Å²) < 4.78 is 5.65. The third-order valence-corrected chi connectivity index (χ3v) is 8.17. The van der Waals surface area contributed by atoms with Crippen molar-refractivity contribution in [1.29, 1.82) is 0 Å². The van der Waals surface area contributed by atoms with Crippen LogP contribution < -0.4 is 4.74 Å². The molecule has 0 aromatic heterocycles. The third kappa shape index (κ3) is 7.02. The van der Waals surface area contributed by atoms with E-state index in [4.69, 9.17) is 4.74 Å². The number of hydrogen-bond donors (Lipinski definition) is 0. The van der Waals surface area contributed by atoms with Crippen LogP contribution in [0.1, 0.15) is 100 Å². The van der Waals surface area contributed by atoms with Crippen molar-refractivity contribution in [1.82, 2.24) is 0 Å². The molecule has 4 rings (SSSR count). The summed E-state index contributed by atoms with van der Waals surface area (Å²) in [6.45, 7) is 6.77. The zero-order valence-electron chi connectivity index (χ0n) is 21.1. The van der Waals surface area contributed by atoms with Crippen LogP contribution in [0, 0.1) is 29.6 Å². The first-order valence-electron chi connectivity index (χ1n) is 13.7. The van der Waals surface area contributed by atoms with Gasteiger partial charge in [-0.15, -0.1) is 6.58 Å². The van der Waals surface area contributed by atoms with Crippen LogP contribution in [-0.4, -0.2) is 6.61 Å². The van der Waals surface area contributed by atoms with Crippen molar-refractivity contribution in [3.63, 3.8) is 0 Å². The summed E-state index contributed by atoms with van der Waals surface area (Å²) in [5.74, 6) is 11.2. The van der Waals surface area contributed by atoms with E-state index in [2.05, 4.69) is 55.7 Å². The van der Waals surface area contributed by atoms with Crippen LogP contribution in [0.5, 0.6) is 5.75 Å². The van der Waals surface area contributed by atoms with Crippen molar-refractivity contribution >= 4 is 0 Å². The predicted octanol–water partition coefficient (Wildman–Crippen LogP) is 8.92. The van der Waals surface area contributed by atoms with Gasteiger partial charge in [-0.05, 0) is 123 Å². The Morgan fingerprint density at radius 1 is 0.794 bits per heavy atom. The van der Waals surface area contributed by atoms with Crippen molar-refractivity contribution < 1.29 is 4.74 Å². The van der Waals surface area contributed by atoms with E-state index in [0.29, 0.717) is 0 Å². The van der Waals surface area contributed by atoms with E-state index >= 15 is 0 Å². The molecule has 2 aliphatic carbocycles. The minimum Gasteiger partial charge on any atom is -0.494 e. The van der Waals surface area contributed by atoms with E-state index < -0.39 is 0 Å². The lowest BCUT2D eigenvalue weighted by Crippen LogP contribution is -2.25. The molecule has 1 heteroatoms. The van der Waals surface area contributed by atoms with Gasteiger partial charge in [-0.2, -0.15) is 0 Å². The van der Waals surface area contributed by atoms with Gasteiger partial charge in [-0.25, -0.2) is 0 Å². The molecule has 2 saturated carbocycles. The lowest BCUT2D eigenvalue weighted by molar-refractivity contribution is 0.157. The SMILES string of the molecule is C=CCC[C@H]1CC[C@H]([C@H]2CC[C@H](c3ccc(C#Cc4ccc(OCCC)cc4)cc3)CC2)CC1. The van der Waals surface area contributed by atoms with E-state index in [1.54, 1.807) is 0 Å². The summed E-state index contributed by atoms with van der Waals surface area (Å²) >= 11 is 0. The summed E-state index contributed by atoms with van der Waals surface area (Å²) in [5.41, 5.74) is 3.63. The van der Waals surface area contributed by atoms with E-state index in [9.17, 15) is 0 Å². The minimum absolute atomic E-state index is 0.734. The van der Waals surface area contributed by atoms with Crippen molar-refractivity contribution in [2.45, 2.75) is 83.5 Å². The van der Waals surface area contributed by atoms with Gasteiger partial charge in [-0.3, -0.25) is 0 Å². The number of hydrogen-bond acceptors (Lipinski definition) is 1. The summed E-state index contributed by atoms with van der Waals surface area (Å²) in [6, 6.07) is 17.1. The molecular formula is C33H42O. The Hall–Kier alpha value is -2.46. The van der Waals surface area contributed by atoms with Crippen LogP contribution in [0.3, 0.4) is 0 Å². The average Bonchev–Trinajstić information content (AvgIpc) is 2.91. The van der Waals surface area contributed by atoms with Gasteiger partial charge in [0.25, 0.3) is 0 Å². The van der Waals surface area contributed by atoms with E-state index in [1.165, 1.54) is 69.8 Å². The first-order valence-corrected chi connectivity index (χ1v) is 13.7. The quantitative estimate of drug-likeness (QED) is 0.286. The van der Waals surface area contributed by atoms with Gasteiger partial charge in [-0.1, -0.05) is 49.8 Å². The maximum atomic E-state index is 5.65. The number of allylic oxidation sites excluding steroid dienone is 1. The molecule has 1 nitrogen and oxygen atoms in total. The summed E-state index contributed by atoms with van der Waals surface area (Å²) in [7, 11) is 0. The fourth-order valence-electron chi connectivity index (χ4n) is 6.06. The molecule has 0 radical (unpaired) electrons. The molecule has 0 heterocycles. The predicted molar refractivity (Wildman–Crippen MR) is 144 cm³/mol. The van der Waals surface area contributed by atoms with Gasteiger partial charge in [0, 0.05) is 11.1 Å². The third-order valence-electron chi connectivity index (χ3n) is 8.17. The van der Waals surface area contributed by atoms with Gasteiger partial charge in [0.05, 0.1) is 6.61 Å². The maximum absolute atomic E-state index is 5.65. The smallest absolute Gasteiger partial charge is 0.119 e. The monoisotopic (exact) mass is 454 g/mol. The molecule has 2 aromatic carbocycles. The second-order valence-electron chi connectivity index (χ2n) is 10.5. The summed E-state index contributed by atoms with van der Waals surface area (Å²) in [5, 5.41) is 0. The van der Waals surface area contributed by atoms with Crippen LogP contribution in [0.2, 0.25) is 0 Å². The normalized spacial score (nSPS) is 24.6. The largest absolute Gasteiger partial charge is 0.494 e. The Kier molecular flexibility index (Phi) is 9.32. The average molecular weight is 455 g/mol. The Morgan fingerprint density at radius 2 is 1.35 bits per heavy atom. The lowest BCUT2D eigenvalue weighted by Gasteiger charge is -2.38. The van der Waals surface area contributed by atoms with Crippen molar-refractivity contribution in [2.75, 3.05) is 6.61 Å². The Bertz CT molecular complexity index is 927. The number of ether oxygens (including phenoxy) is 1. The molecule has 0 spiro atoms. The Balaban J connectivity index is 1.24. The van der Waals surface area contributed by atoms with E-state index in [-0.39, 0.29) is 0 Å². The molecule has 0 saturated heterocycles. The molecule has 0 aliphatic heterocycles. The molecular weight excluding hydrogens is 412 g/mol. The molecule has 0 bridgehead atoms. The lowest BCUT2D eigenvalue weighted by atomic mass is 9.68. The molecule has 0 amide bonds. The van der Waals surface area contributed by atoms with Gasteiger partial charge < -0.3 is 4.74 Å². The van der Waals surface area contributed by atoms with Crippen LogP contribution in [-0.2, 0) is 0 Å². The summed E-state index contributed by atoms with van der Waals surface area (Å²) in [6.07, 6.45) is 17.1. The van der Waals surface area contributed by atoms with Crippen LogP contribution in [0.15, 0.2) is 61.2 Å². The second kappa shape index (κ2) is 12.9. The molecule has 0 N–H and O–H groups in total. The Morgan fingerprint density at radius 3 is 1.91 bits per heavy atom. The van der Waals surface area contributed by atoms with Crippen molar-refractivity contribution in [2.24, 2.45) is 17.8 Å². The molecule has 34 heavy (non-hydrogen) atoms. The second-order valence-corrected chi connectivity index (χ2v) is 10.5. The highest BCUT2D eigenvalue weighted by Crippen LogP contribution is 2.44. The molecule has 2 aromatic rings. The molecule has 180 valence electrons.